The van der Waals surface area contributed by atoms with Crippen molar-refractivity contribution in [2.75, 3.05) is 43.9 Å². The van der Waals surface area contributed by atoms with Gasteiger partial charge in [0.05, 0.1) is 0 Å². The number of urea groups is 1. The third-order valence-corrected chi connectivity index (χ3v) is 4.54. The maximum atomic E-state index is 12.1. The molecule has 0 aliphatic carbocycles. The summed E-state index contributed by atoms with van der Waals surface area (Å²) in [6.07, 6.45) is 2.77. The van der Waals surface area contributed by atoms with E-state index in [1.807, 2.05) is 43.3 Å². The van der Waals surface area contributed by atoms with Crippen LogP contribution < -0.4 is 15.5 Å². The molecule has 0 saturated heterocycles. The highest BCUT2D eigenvalue weighted by Crippen LogP contribution is 2.12. The van der Waals surface area contributed by atoms with Gasteiger partial charge in [-0.15, -0.1) is 0 Å². The van der Waals surface area contributed by atoms with E-state index in [1.54, 1.807) is 6.20 Å². The molecule has 6 nitrogen and oxygen atoms in total. The van der Waals surface area contributed by atoms with Crippen LogP contribution in [-0.4, -0.2) is 49.6 Å². The monoisotopic (exact) mass is 369 g/mol. The summed E-state index contributed by atoms with van der Waals surface area (Å²) in [5, 5.41) is 5.76. The van der Waals surface area contributed by atoms with Gasteiger partial charge in [-0.05, 0) is 54.9 Å². The number of carbonyl (C=O) groups excluding carboxylic acids is 1. The normalized spacial score (nSPS) is 10.7. The number of rotatable bonds is 9. The van der Waals surface area contributed by atoms with Crippen LogP contribution in [0.25, 0.3) is 0 Å². The maximum Gasteiger partial charge on any atom is 0.319 e. The van der Waals surface area contributed by atoms with Crippen LogP contribution in [0, 0.1) is 0 Å². The van der Waals surface area contributed by atoms with E-state index in [0.29, 0.717) is 6.54 Å². The Bertz CT molecular complexity index is 711. The van der Waals surface area contributed by atoms with E-state index in [4.69, 9.17) is 0 Å². The summed E-state index contributed by atoms with van der Waals surface area (Å²) in [7, 11) is 3.88. The van der Waals surface area contributed by atoms with E-state index in [1.165, 1.54) is 5.56 Å². The SMILES string of the molecule is CCN(CC)CCc1ccc(NC(=O)NCc2ccnc(N(C)C)c2)cc1. The first-order valence-electron chi connectivity index (χ1n) is 9.50. The Morgan fingerprint density at radius 1 is 1.04 bits per heavy atom. The van der Waals surface area contributed by atoms with Crippen molar-refractivity contribution in [1.29, 1.82) is 0 Å². The van der Waals surface area contributed by atoms with Gasteiger partial charge in [-0.2, -0.15) is 0 Å². The summed E-state index contributed by atoms with van der Waals surface area (Å²) < 4.78 is 0. The lowest BCUT2D eigenvalue weighted by atomic mass is 10.1. The summed E-state index contributed by atoms with van der Waals surface area (Å²) in [6.45, 7) is 8.02. The number of aromatic nitrogens is 1. The second-order valence-corrected chi connectivity index (χ2v) is 6.70. The lowest BCUT2D eigenvalue weighted by Crippen LogP contribution is -2.28. The van der Waals surface area contributed by atoms with Crippen LogP contribution in [0.5, 0.6) is 0 Å². The Hall–Kier alpha value is -2.60. The van der Waals surface area contributed by atoms with Crippen molar-refractivity contribution < 1.29 is 4.79 Å². The molecular weight excluding hydrogens is 338 g/mol. The van der Waals surface area contributed by atoms with Gasteiger partial charge >= 0.3 is 6.03 Å². The topological polar surface area (TPSA) is 60.5 Å². The molecule has 0 radical (unpaired) electrons. The molecule has 0 unspecified atom stereocenters. The molecule has 146 valence electrons. The van der Waals surface area contributed by atoms with Crippen LogP contribution in [0.4, 0.5) is 16.3 Å². The second-order valence-electron chi connectivity index (χ2n) is 6.70. The number of anilines is 2. The molecule has 2 N–H and O–H groups in total. The molecule has 0 aliphatic rings. The van der Waals surface area contributed by atoms with Crippen LogP contribution in [0.3, 0.4) is 0 Å². The molecule has 0 fully saturated rings. The second kappa shape index (κ2) is 10.5. The quantitative estimate of drug-likeness (QED) is 0.712. The van der Waals surface area contributed by atoms with E-state index in [-0.39, 0.29) is 6.03 Å². The number of amides is 2. The molecule has 0 spiro atoms. The molecule has 1 aromatic carbocycles. The zero-order chi connectivity index (χ0) is 19.6. The number of pyridine rings is 1. The van der Waals surface area contributed by atoms with Crippen molar-refractivity contribution >= 4 is 17.5 Å². The Balaban J connectivity index is 1.81. The van der Waals surface area contributed by atoms with E-state index in [9.17, 15) is 4.79 Å². The van der Waals surface area contributed by atoms with Gasteiger partial charge in [0.25, 0.3) is 0 Å². The maximum absolute atomic E-state index is 12.1. The Morgan fingerprint density at radius 2 is 1.74 bits per heavy atom. The van der Waals surface area contributed by atoms with Gasteiger partial charge in [0.1, 0.15) is 5.82 Å². The number of likely N-dealkylation sites (N-methyl/N-ethyl adjacent to an activating group) is 1. The third kappa shape index (κ3) is 6.90. The van der Waals surface area contributed by atoms with Gasteiger partial charge in [0.2, 0.25) is 0 Å². The zero-order valence-corrected chi connectivity index (χ0v) is 16.8. The fraction of sp³-hybridized carbons (Fsp3) is 0.429. The Morgan fingerprint density at radius 3 is 2.37 bits per heavy atom. The first-order chi connectivity index (χ1) is 13.0. The van der Waals surface area contributed by atoms with Gasteiger partial charge in [-0.25, -0.2) is 9.78 Å². The van der Waals surface area contributed by atoms with E-state index in [0.717, 1.165) is 43.1 Å². The molecule has 0 aliphatic heterocycles. The molecule has 0 atom stereocenters. The minimum absolute atomic E-state index is 0.214. The average molecular weight is 370 g/mol. The molecule has 0 saturated carbocycles. The Labute approximate surface area is 162 Å². The molecule has 0 bridgehead atoms. The van der Waals surface area contributed by atoms with Crippen LogP contribution in [-0.2, 0) is 13.0 Å². The van der Waals surface area contributed by atoms with Crippen LogP contribution in [0.15, 0.2) is 42.6 Å². The molecule has 6 heteroatoms. The number of nitrogens with zero attached hydrogens (tertiary/aromatic N) is 3. The van der Waals surface area contributed by atoms with E-state index < -0.39 is 0 Å². The fourth-order valence-corrected chi connectivity index (χ4v) is 2.75. The first kappa shape index (κ1) is 20.7. The van der Waals surface area contributed by atoms with Gasteiger partial charge in [0, 0.05) is 39.1 Å². The molecule has 1 heterocycles. The molecule has 27 heavy (non-hydrogen) atoms. The van der Waals surface area contributed by atoms with Crippen molar-refractivity contribution in [1.82, 2.24) is 15.2 Å². The molecular formula is C21H31N5O. The summed E-state index contributed by atoms with van der Waals surface area (Å²) in [6, 6.07) is 11.7. The van der Waals surface area contributed by atoms with Gasteiger partial charge in [-0.3, -0.25) is 0 Å². The van der Waals surface area contributed by atoms with E-state index >= 15 is 0 Å². The van der Waals surface area contributed by atoms with Crippen LogP contribution >= 0.6 is 0 Å². The van der Waals surface area contributed by atoms with Crippen molar-refractivity contribution in [3.63, 3.8) is 0 Å². The fourth-order valence-electron chi connectivity index (χ4n) is 2.75. The van der Waals surface area contributed by atoms with Crippen molar-refractivity contribution in [3.05, 3.63) is 53.7 Å². The largest absolute Gasteiger partial charge is 0.363 e. The van der Waals surface area contributed by atoms with Crippen LogP contribution in [0.1, 0.15) is 25.0 Å². The summed E-state index contributed by atoms with van der Waals surface area (Å²) in [4.78, 5) is 20.7. The number of nitrogens with one attached hydrogen (secondary N) is 2. The first-order valence-corrected chi connectivity index (χ1v) is 9.50. The summed E-state index contributed by atoms with van der Waals surface area (Å²) >= 11 is 0. The van der Waals surface area contributed by atoms with Crippen molar-refractivity contribution in [2.24, 2.45) is 0 Å². The highest BCUT2D eigenvalue weighted by molar-refractivity contribution is 5.89. The van der Waals surface area contributed by atoms with Gasteiger partial charge < -0.3 is 20.4 Å². The minimum atomic E-state index is -0.214. The summed E-state index contributed by atoms with van der Waals surface area (Å²) in [5.41, 5.74) is 3.08. The summed E-state index contributed by atoms with van der Waals surface area (Å²) in [5.74, 6) is 0.870. The van der Waals surface area contributed by atoms with Crippen LogP contribution in [0.2, 0.25) is 0 Å². The molecule has 2 aromatic rings. The highest BCUT2D eigenvalue weighted by atomic mass is 16.2. The van der Waals surface area contributed by atoms with E-state index in [2.05, 4.69) is 46.5 Å². The predicted octanol–water partition coefficient (Wildman–Crippen LogP) is 3.35. The number of carbonyl (C=O) groups is 1. The third-order valence-electron chi connectivity index (χ3n) is 4.54. The Kier molecular flexibility index (Phi) is 8.07. The number of hydrogen-bond donors (Lipinski definition) is 2. The van der Waals surface area contributed by atoms with Gasteiger partial charge in [0.15, 0.2) is 0 Å². The highest BCUT2D eigenvalue weighted by Gasteiger charge is 2.05. The lowest BCUT2D eigenvalue weighted by molar-refractivity contribution is 0.251. The predicted molar refractivity (Wildman–Crippen MR) is 112 cm³/mol. The number of benzene rings is 1. The van der Waals surface area contributed by atoms with Gasteiger partial charge in [-0.1, -0.05) is 26.0 Å². The van der Waals surface area contributed by atoms with Crippen molar-refractivity contribution in [3.8, 4) is 0 Å². The molecule has 2 rings (SSSR count). The standard InChI is InChI=1S/C21H31N5O/c1-5-26(6-2)14-12-17-7-9-19(10-8-17)24-21(27)23-16-18-11-13-22-20(15-18)25(3)4/h7-11,13,15H,5-6,12,14,16H2,1-4H3,(H2,23,24,27). The lowest BCUT2D eigenvalue weighted by Gasteiger charge is -2.17. The smallest absolute Gasteiger partial charge is 0.319 e. The zero-order valence-electron chi connectivity index (χ0n) is 16.8. The minimum Gasteiger partial charge on any atom is -0.363 e. The average Bonchev–Trinajstić information content (AvgIpc) is 2.68. The molecule has 1 aromatic heterocycles. The number of hydrogen-bond acceptors (Lipinski definition) is 4. The van der Waals surface area contributed by atoms with Crippen molar-refractivity contribution in [2.45, 2.75) is 26.8 Å². The molecule has 2 amide bonds.